The molecule has 0 heterocycles. The number of carbonyl (C=O) groups is 1. The van der Waals surface area contributed by atoms with Gasteiger partial charge in [-0.2, -0.15) is 0 Å². The molecular weight excluding hydrogens is 173 g/mol. The molecule has 1 amide bonds. The van der Waals surface area contributed by atoms with Gasteiger partial charge in [-0.15, -0.1) is 0 Å². The number of halogens is 1. The van der Waals surface area contributed by atoms with Gasteiger partial charge < -0.3 is 0 Å². The van der Waals surface area contributed by atoms with E-state index in [1.807, 2.05) is 0 Å². The first-order valence-corrected chi connectivity index (χ1v) is 3.63. The number of alkyl halides is 1. The summed E-state index contributed by atoms with van der Waals surface area (Å²) >= 11 is 0. The van der Waals surface area contributed by atoms with E-state index in [2.05, 4.69) is 0 Å². The standard InChI is InChI=1S/C8H10FN3O/c9-8(10,7(13)12-11)6-4-2-1-3-5-6/h1-5H,10-11H2,(H,12,13). The van der Waals surface area contributed by atoms with Crippen molar-refractivity contribution in [3.05, 3.63) is 35.9 Å². The summed E-state index contributed by atoms with van der Waals surface area (Å²) in [4.78, 5) is 10.9. The van der Waals surface area contributed by atoms with E-state index in [0.29, 0.717) is 0 Å². The highest BCUT2D eigenvalue weighted by Gasteiger charge is 2.35. The molecule has 5 N–H and O–H groups in total. The summed E-state index contributed by atoms with van der Waals surface area (Å²) in [5.74, 6) is 1.13. The zero-order chi connectivity index (χ0) is 9.90. The monoisotopic (exact) mass is 183 g/mol. The molecule has 0 aliphatic heterocycles. The number of amides is 1. The van der Waals surface area contributed by atoms with Crippen LogP contribution in [0, 0.1) is 0 Å². The Morgan fingerprint density at radius 2 is 1.92 bits per heavy atom. The van der Waals surface area contributed by atoms with Gasteiger partial charge in [0.25, 0.3) is 11.7 Å². The lowest BCUT2D eigenvalue weighted by Crippen LogP contribution is -2.50. The maximum atomic E-state index is 13.5. The molecule has 0 aliphatic carbocycles. The Hall–Kier alpha value is -1.46. The van der Waals surface area contributed by atoms with Crippen LogP contribution >= 0.6 is 0 Å². The Morgan fingerprint density at radius 3 is 2.38 bits per heavy atom. The van der Waals surface area contributed by atoms with Crippen molar-refractivity contribution in [2.75, 3.05) is 0 Å². The summed E-state index contributed by atoms with van der Waals surface area (Å²) in [5.41, 5.74) is 6.87. The third-order valence-electron chi connectivity index (χ3n) is 1.66. The minimum absolute atomic E-state index is 0.0675. The fourth-order valence-electron chi connectivity index (χ4n) is 0.917. The highest BCUT2D eigenvalue weighted by atomic mass is 19.1. The molecule has 1 aromatic rings. The van der Waals surface area contributed by atoms with E-state index in [0.717, 1.165) is 0 Å². The Labute approximate surface area is 74.7 Å². The number of nitrogens with two attached hydrogens (primary N) is 2. The van der Waals surface area contributed by atoms with Gasteiger partial charge in [0.15, 0.2) is 0 Å². The van der Waals surface area contributed by atoms with Crippen LogP contribution in [0.25, 0.3) is 0 Å². The molecule has 0 radical (unpaired) electrons. The van der Waals surface area contributed by atoms with Gasteiger partial charge in [-0.05, 0) is 0 Å². The number of hydrogen-bond acceptors (Lipinski definition) is 3. The quantitative estimate of drug-likeness (QED) is 0.256. The summed E-state index contributed by atoms with van der Waals surface area (Å²) in [6.45, 7) is 0. The molecule has 0 fully saturated rings. The van der Waals surface area contributed by atoms with Gasteiger partial charge >= 0.3 is 0 Å². The van der Waals surface area contributed by atoms with Crippen molar-refractivity contribution in [3.63, 3.8) is 0 Å². The average molecular weight is 183 g/mol. The molecule has 0 spiro atoms. The largest absolute Gasteiger partial charge is 0.291 e. The van der Waals surface area contributed by atoms with E-state index in [-0.39, 0.29) is 5.56 Å². The SMILES string of the molecule is NNC(=O)C(N)(F)c1ccccc1. The summed E-state index contributed by atoms with van der Waals surface area (Å²) in [6, 6.07) is 7.69. The normalized spacial score (nSPS) is 14.7. The molecule has 5 heteroatoms. The third kappa shape index (κ3) is 1.82. The molecule has 4 nitrogen and oxygen atoms in total. The molecule has 1 aromatic carbocycles. The Kier molecular flexibility index (Phi) is 2.60. The van der Waals surface area contributed by atoms with E-state index >= 15 is 0 Å². The lowest BCUT2D eigenvalue weighted by molar-refractivity contribution is -0.133. The minimum Gasteiger partial charge on any atom is -0.290 e. The Balaban J connectivity index is 3.00. The Bertz CT molecular complexity index is 300. The number of carbonyl (C=O) groups excluding carboxylic acids is 1. The molecule has 0 saturated carbocycles. The van der Waals surface area contributed by atoms with Gasteiger partial charge in [0, 0.05) is 5.56 Å². The molecule has 0 aromatic heterocycles. The molecule has 1 atom stereocenters. The van der Waals surface area contributed by atoms with E-state index in [1.54, 1.807) is 23.6 Å². The van der Waals surface area contributed by atoms with E-state index in [4.69, 9.17) is 11.6 Å². The fourth-order valence-corrected chi connectivity index (χ4v) is 0.917. The molecule has 1 unspecified atom stereocenters. The molecule has 0 bridgehead atoms. The van der Waals surface area contributed by atoms with Crippen LogP contribution in [-0.2, 0) is 10.6 Å². The molecule has 0 saturated heterocycles. The minimum atomic E-state index is -2.57. The summed E-state index contributed by atoms with van der Waals surface area (Å²) in [6.07, 6.45) is 0. The maximum absolute atomic E-state index is 13.5. The maximum Gasteiger partial charge on any atom is 0.291 e. The molecule has 13 heavy (non-hydrogen) atoms. The zero-order valence-corrected chi connectivity index (χ0v) is 6.83. The van der Waals surface area contributed by atoms with Crippen molar-refractivity contribution in [2.45, 2.75) is 5.79 Å². The predicted molar refractivity (Wildman–Crippen MR) is 45.7 cm³/mol. The predicted octanol–water partition coefficient (Wildman–Crippen LogP) is -0.242. The van der Waals surface area contributed by atoms with Gasteiger partial charge in [-0.25, -0.2) is 10.2 Å². The van der Waals surface area contributed by atoms with Crippen LogP contribution in [0.1, 0.15) is 5.56 Å². The van der Waals surface area contributed by atoms with Gasteiger partial charge in [-0.1, -0.05) is 30.3 Å². The van der Waals surface area contributed by atoms with Gasteiger partial charge in [0.2, 0.25) is 0 Å². The first-order valence-electron chi connectivity index (χ1n) is 3.63. The topological polar surface area (TPSA) is 81.1 Å². The number of hydrogen-bond donors (Lipinski definition) is 3. The average Bonchev–Trinajstić information content (AvgIpc) is 2.18. The molecule has 70 valence electrons. The van der Waals surface area contributed by atoms with E-state index in [1.165, 1.54) is 12.1 Å². The molecular formula is C8H10FN3O. The first-order chi connectivity index (χ1) is 6.09. The second-order valence-corrected chi connectivity index (χ2v) is 2.55. The van der Waals surface area contributed by atoms with Crippen molar-refractivity contribution < 1.29 is 9.18 Å². The van der Waals surface area contributed by atoms with Crippen LogP contribution in [0.2, 0.25) is 0 Å². The smallest absolute Gasteiger partial charge is 0.290 e. The second kappa shape index (κ2) is 3.51. The van der Waals surface area contributed by atoms with Crippen LogP contribution < -0.4 is 17.0 Å². The molecule has 0 aliphatic rings. The highest BCUT2D eigenvalue weighted by molar-refractivity contribution is 5.85. The first kappa shape index (κ1) is 9.63. The van der Waals surface area contributed by atoms with E-state index < -0.39 is 11.7 Å². The van der Waals surface area contributed by atoms with Crippen LogP contribution in [0.4, 0.5) is 4.39 Å². The van der Waals surface area contributed by atoms with Crippen LogP contribution in [-0.4, -0.2) is 5.91 Å². The highest BCUT2D eigenvalue weighted by Crippen LogP contribution is 2.18. The van der Waals surface area contributed by atoms with Crippen molar-refractivity contribution >= 4 is 5.91 Å². The van der Waals surface area contributed by atoms with Crippen molar-refractivity contribution in [3.8, 4) is 0 Å². The van der Waals surface area contributed by atoms with Crippen LogP contribution in [0.5, 0.6) is 0 Å². The summed E-state index contributed by atoms with van der Waals surface area (Å²) in [5, 5.41) is 0. The summed E-state index contributed by atoms with van der Waals surface area (Å²) < 4.78 is 13.5. The lowest BCUT2D eigenvalue weighted by atomic mass is 10.1. The summed E-state index contributed by atoms with van der Waals surface area (Å²) in [7, 11) is 0. The van der Waals surface area contributed by atoms with E-state index in [9.17, 15) is 9.18 Å². The van der Waals surface area contributed by atoms with Crippen LogP contribution in [0.3, 0.4) is 0 Å². The lowest BCUT2D eigenvalue weighted by Gasteiger charge is -2.17. The number of nitrogens with one attached hydrogen (secondary N) is 1. The number of rotatable bonds is 2. The van der Waals surface area contributed by atoms with Crippen molar-refractivity contribution in [1.82, 2.24) is 5.43 Å². The fraction of sp³-hybridized carbons (Fsp3) is 0.125. The third-order valence-corrected chi connectivity index (χ3v) is 1.66. The van der Waals surface area contributed by atoms with Crippen molar-refractivity contribution in [2.24, 2.45) is 11.6 Å². The number of benzene rings is 1. The van der Waals surface area contributed by atoms with Gasteiger partial charge in [0.1, 0.15) is 0 Å². The Morgan fingerprint density at radius 1 is 1.38 bits per heavy atom. The van der Waals surface area contributed by atoms with Gasteiger partial charge in [-0.3, -0.25) is 16.0 Å². The number of hydrazine groups is 1. The van der Waals surface area contributed by atoms with Crippen molar-refractivity contribution in [1.29, 1.82) is 0 Å². The van der Waals surface area contributed by atoms with Gasteiger partial charge in [0.05, 0.1) is 0 Å². The van der Waals surface area contributed by atoms with Crippen LogP contribution in [0.15, 0.2) is 30.3 Å². The zero-order valence-electron chi connectivity index (χ0n) is 6.83. The second-order valence-electron chi connectivity index (χ2n) is 2.55. The molecule has 1 rings (SSSR count).